The van der Waals surface area contributed by atoms with E-state index in [0.717, 1.165) is 19.6 Å². The van der Waals surface area contributed by atoms with Crippen molar-refractivity contribution < 1.29 is 19.4 Å². The van der Waals surface area contributed by atoms with Gasteiger partial charge in [-0.3, -0.25) is 9.59 Å². The Morgan fingerprint density at radius 3 is 2.60 bits per heavy atom. The van der Waals surface area contributed by atoms with E-state index in [4.69, 9.17) is 16.3 Å². The molecule has 0 fully saturated rings. The van der Waals surface area contributed by atoms with Crippen LogP contribution in [0, 0.1) is 0 Å². The minimum atomic E-state index is -0.306. The standard InChI is InChI=1S/C21H25ClN4O4/c1-4-26(5-2)9-8-23-21(29)16-11-18(17(22)12-20(16)30-3)25-24-15-6-7-19(28)14(10-15)13-27/h6-7,10-13,28H,4-5,8-9H2,1-3H3,(H,23,29). The third kappa shape index (κ3) is 6.01. The van der Waals surface area contributed by atoms with Crippen LogP contribution in [0.5, 0.6) is 11.5 Å². The Hall–Kier alpha value is -2.97. The summed E-state index contributed by atoms with van der Waals surface area (Å²) in [6.07, 6.45) is 0.523. The molecule has 0 unspecified atom stereocenters. The number of amides is 1. The van der Waals surface area contributed by atoms with Crippen LogP contribution < -0.4 is 10.1 Å². The quantitative estimate of drug-likeness (QED) is 0.429. The molecule has 9 heteroatoms. The highest BCUT2D eigenvalue weighted by Crippen LogP contribution is 2.34. The van der Waals surface area contributed by atoms with Gasteiger partial charge in [0.25, 0.3) is 5.91 Å². The van der Waals surface area contributed by atoms with Crippen LogP contribution in [-0.2, 0) is 0 Å². The van der Waals surface area contributed by atoms with Gasteiger partial charge in [-0.1, -0.05) is 25.4 Å². The normalized spacial score (nSPS) is 11.1. The van der Waals surface area contributed by atoms with Crippen molar-refractivity contribution in [3.63, 3.8) is 0 Å². The Kier molecular flexibility index (Phi) is 8.76. The zero-order valence-corrected chi connectivity index (χ0v) is 17.9. The number of hydrogen-bond donors (Lipinski definition) is 2. The van der Waals surface area contributed by atoms with Crippen molar-refractivity contribution in [2.75, 3.05) is 33.3 Å². The molecule has 0 bridgehead atoms. The zero-order chi connectivity index (χ0) is 22.1. The highest BCUT2D eigenvalue weighted by molar-refractivity contribution is 6.33. The van der Waals surface area contributed by atoms with Gasteiger partial charge in [-0.25, -0.2) is 0 Å². The Labute approximate surface area is 180 Å². The summed E-state index contributed by atoms with van der Waals surface area (Å²) in [6.45, 7) is 7.18. The first-order valence-electron chi connectivity index (χ1n) is 9.51. The van der Waals surface area contributed by atoms with Crippen molar-refractivity contribution in [2.24, 2.45) is 10.2 Å². The van der Waals surface area contributed by atoms with E-state index in [1.54, 1.807) is 0 Å². The summed E-state index contributed by atoms with van der Waals surface area (Å²) in [5.74, 6) is -0.123. The molecular weight excluding hydrogens is 408 g/mol. The predicted molar refractivity (Wildman–Crippen MR) is 116 cm³/mol. The van der Waals surface area contributed by atoms with E-state index in [1.165, 1.54) is 37.4 Å². The van der Waals surface area contributed by atoms with Crippen LogP contribution in [-0.4, -0.2) is 55.5 Å². The minimum absolute atomic E-state index is 0.0977. The summed E-state index contributed by atoms with van der Waals surface area (Å²) >= 11 is 6.25. The Bertz CT molecular complexity index is 929. The second-order valence-electron chi connectivity index (χ2n) is 6.35. The lowest BCUT2D eigenvalue weighted by Crippen LogP contribution is -2.34. The first-order valence-corrected chi connectivity index (χ1v) is 9.89. The molecule has 2 rings (SSSR count). The van der Waals surface area contributed by atoms with Crippen LogP contribution in [0.2, 0.25) is 5.02 Å². The topological polar surface area (TPSA) is 104 Å². The molecule has 2 aromatic carbocycles. The van der Waals surface area contributed by atoms with Crippen LogP contribution in [0.15, 0.2) is 40.6 Å². The van der Waals surface area contributed by atoms with Crippen molar-refractivity contribution in [1.29, 1.82) is 0 Å². The van der Waals surface area contributed by atoms with E-state index >= 15 is 0 Å². The lowest BCUT2D eigenvalue weighted by Gasteiger charge is -2.18. The molecule has 0 aliphatic carbocycles. The van der Waals surface area contributed by atoms with Crippen LogP contribution in [0.4, 0.5) is 11.4 Å². The fourth-order valence-electron chi connectivity index (χ4n) is 2.74. The van der Waals surface area contributed by atoms with Gasteiger partial charge < -0.3 is 20.1 Å². The first kappa shape index (κ1) is 23.3. The monoisotopic (exact) mass is 432 g/mol. The third-order valence-electron chi connectivity index (χ3n) is 4.53. The lowest BCUT2D eigenvalue weighted by atomic mass is 10.1. The number of phenolic OH excluding ortho intramolecular Hbond substituents is 1. The predicted octanol–water partition coefficient (Wildman–Crippen LogP) is 4.35. The number of rotatable bonds is 10. The van der Waals surface area contributed by atoms with Crippen molar-refractivity contribution in [3.05, 3.63) is 46.5 Å². The second-order valence-corrected chi connectivity index (χ2v) is 6.75. The van der Waals surface area contributed by atoms with E-state index in [9.17, 15) is 14.7 Å². The number of likely N-dealkylation sites (N-methyl/N-ethyl adjacent to an activating group) is 1. The molecule has 0 saturated carbocycles. The van der Waals surface area contributed by atoms with Gasteiger partial charge in [-0.05, 0) is 37.4 Å². The summed E-state index contributed by atoms with van der Waals surface area (Å²) < 4.78 is 5.28. The van der Waals surface area contributed by atoms with Crippen molar-refractivity contribution in [1.82, 2.24) is 10.2 Å². The zero-order valence-electron chi connectivity index (χ0n) is 17.2. The lowest BCUT2D eigenvalue weighted by molar-refractivity contribution is 0.0945. The van der Waals surface area contributed by atoms with E-state index < -0.39 is 0 Å². The van der Waals surface area contributed by atoms with E-state index in [0.29, 0.717) is 24.3 Å². The van der Waals surface area contributed by atoms with Gasteiger partial charge >= 0.3 is 0 Å². The van der Waals surface area contributed by atoms with Gasteiger partial charge in [0.05, 0.1) is 28.9 Å². The van der Waals surface area contributed by atoms with Gasteiger partial charge in [0, 0.05) is 19.2 Å². The Morgan fingerprint density at radius 1 is 1.23 bits per heavy atom. The number of aromatic hydroxyl groups is 1. The molecule has 160 valence electrons. The highest BCUT2D eigenvalue weighted by Gasteiger charge is 2.16. The molecule has 30 heavy (non-hydrogen) atoms. The highest BCUT2D eigenvalue weighted by atomic mass is 35.5. The molecule has 0 saturated heterocycles. The molecule has 2 aromatic rings. The average Bonchev–Trinajstić information content (AvgIpc) is 2.76. The average molecular weight is 433 g/mol. The molecule has 0 aromatic heterocycles. The summed E-state index contributed by atoms with van der Waals surface area (Å²) in [5.41, 5.74) is 1.01. The Morgan fingerprint density at radius 2 is 1.97 bits per heavy atom. The number of methoxy groups -OCH3 is 1. The van der Waals surface area contributed by atoms with Gasteiger partial charge in [-0.15, -0.1) is 5.11 Å². The van der Waals surface area contributed by atoms with Crippen molar-refractivity contribution >= 4 is 35.2 Å². The first-order chi connectivity index (χ1) is 14.4. The van der Waals surface area contributed by atoms with Crippen molar-refractivity contribution in [2.45, 2.75) is 13.8 Å². The molecule has 0 aliphatic rings. The number of hydrogen-bond acceptors (Lipinski definition) is 7. The number of ether oxygens (including phenoxy) is 1. The minimum Gasteiger partial charge on any atom is -0.507 e. The number of nitrogens with zero attached hydrogens (tertiary/aromatic N) is 3. The number of nitrogens with one attached hydrogen (secondary N) is 1. The maximum absolute atomic E-state index is 12.6. The number of carbonyl (C=O) groups is 2. The van der Waals surface area contributed by atoms with Crippen LogP contribution in [0.3, 0.4) is 0 Å². The number of aldehydes is 1. The molecule has 0 spiro atoms. The smallest absolute Gasteiger partial charge is 0.255 e. The maximum Gasteiger partial charge on any atom is 0.255 e. The maximum atomic E-state index is 12.6. The Balaban J connectivity index is 2.23. The van der Waals surface area contributed by atoms with Gasteiger partial charge in [0.1, 0.15) is 17.2 Å². The SMILES string of the molecule is CCN(CC)CCNC(=O)c1cc(N=Nc2ccc(O)c(C=O)c2)c(Cl)cc1OC. The second kappa shape index (κ2) is 11.3. The van der Waals surface area contributed by atoms with Gasteiger partial charge in [0.15, 0.2) is 6.29 Å². The number of azo groups is 1. The fourth-order valence-corrected chi connectivity index (χ4v) is 2.93. The summed E-state index contributed by atoms with van der Waals surface area (Å²) in [5, 5.41) is 20.8. The van der Waals surface area contributed by atoms with Crippen LogP contribution in [0.25, 0.3) is 0 Å². The molecule has 0 heterocycles. The fraction of sp³-hybridized carbons (Fsp3) is 0.333. The van der Waals surface area contributed by atoms with Gasteiger partial charge in [-0.2, -0.15) is 5.11 Å². The van der Waals surface area contributed by atoms with E-state index in [2.05, 4.69) is 34.3 Å². The molecule has 0 aliphatic heterocycles. The molecule has 8 nitrogen and oxygen atoms in total. The van der Waals surface area contributed by atoms with Crippen molar-refractivity contribution in [3.8, 4) is 11.5 Å². The molecule has 2 N–H and O–H groups in total. The third-order valence-corrected chi connectivity index (χ3v) is 4.84. The van der Waals surface area contributed by atoms with Crippen LogP contribution in [0.1, 0.15) is 34.6 Å². The molecule has 0 atom stereocenters. The van der Waals surface area contributed by atoms with E-state index in [-0.39, 0.29) is 33.5 Å². The summed E-state index contributed by atoms with van der Waals surface area (Å²) in [7, 11) is 1.46. The summed E-state index contributed by atoms with van der Waals surface area (Å²) in [6, 6.07) is 7.25. The van der Waals surface area contributed by atoms with Gasteiger partial charge in [0.2, 0.25) is 0 Å². The van der Waals surface area contributed by atoms with Crippen LogP contribution >= 0.6 is 11.6 Å². The molecule has 1 amide bonds. The summed E-state index contributed by atoms with van der Waals surface area (Å²) in [4.78, 5) is 25.8. The number of phenols is 1. The molecule has 0 radical (unpaired) electrons. The number of halogens is 1. The largest absolute Gasteiger partial charge is 0.507 e. The number of carbonyl (C=O) groups excluding carboxylic acids is 2. The van der Waals surface area contributed by atoms with E-state index in [1.807, 2.05) is 0 Å². The number of benzene rings is 2. The molecular formula is C21H25ClN4O4.